The molecule has 3 nitrogen and oxygen atoms in total. The molecule has 1 aliphatic rings. The quantitative estimate of drug-likeness (QED) is 0.889. The molecule has 100 valence electrons. The van der Waals surface area contributed by atoms with Crippen LogP contribution in [0.15, 0.2) is 24.3 Å². The molecule has 0 bridgehead atoms. The molecule has 1 N–H and O–H groups in total. The second kappa shape index (κ2) is 5.72. The topological polar surface area (TPSA) is 26.7 Å². The fourth-order valence-corrected chi connectivity index (χ4v) is 2.60. The van der Waals surface area contributed by atoms with E-state index in [-0.39, 0.29) is 6.10 Å². The van der Waals surface area contributed by atoms with Crippen LogP contribution in [0.3, 0.4) is 0 Å². The van der Waals surface area contributed by atoms with E-state index in [1.807, 2.05) is 12.1 Å². The first-order valence-electron chi connectivity index (χ1n) is 6.77. The van der Waals surface area contributed by atoms with Crippen molar-refractivity contribution in [2.75, 3.05) is 32.1 Å². The van der Waals surface area contributed by atoms with E-state index in [1.54, 1.807) is 6.92 Å². The van der Waals surface area contributed by atoms with E-state index in [9.17, 15) is 5.11 Å². The van der Waals surface area contributed by atoms with Gasteiger partial charge < -0.3 is 14.9 Å². The van der Waals surface area contributed by atoms with Crippen molar-refractivity contribution in [2.24, 2.45) is 0 Å². The monoisotopic (exact) mass is 248 g/mol. The van der Waals surface area contributed by atoms with Crippen LogP contribution in [-0.4, -0.2) is 43.2 Å². The van der Waals surface area contributed by atoms with Crippen molar-refractivity contribution < 1.29 is 5.11 Å². The van der Waals surface area contributed by atoms with Crippen LogP contribution in [0.4, 0.5) is 5.69 Å². The first kappa shape index (κ1) is 13.4. The Morgan fingerprint density at radius 1 is 1.17 bits per heavy atom. The van der Waals surface area contributed by atoms with E-state index in [0.29, 0.717) is 0 Å². The Kier molecular flexibility index (Phi) is 4.25. The highest BCUT2D eigenvalue weighted by Crippen LogP contribution is 2.23. The molecule has 0 radical (unpaired) electrons. The number of benzene rings is 1. The molecule has 3 heteroatoms. The summed E-state index contributed by atoms with van der Waals surface area (Å²) in [7, 11) is 4.33. The van der Waals surface area contributed by atoms with Crippen LogP contribution in [0.25, 0.3) is 0 Å². The van der Waals surface area contributed by atoms with Crippen LogP contribution in [-0.2, 0) is 0 Å². The van der Waals surface area contributed by atoms with Crippen molar-refractivity contribution in [3.05, 3.63) is 29.8 Å². The summed E-state index contributed by atoms with van der Waals surface area (Å²) >= 11 is 0. The molecule has 1 aliphatic heterocycles. The van der Waals surface area contributed by atoms with Crippen LogP contribution >= 0.6 is 0 Å². The van der Waals surface area contributed by atoms with Crippen LogP contribution in [0.2, 0.25) is 0 Å². The normalized spacial score (nSPS) is 19.3. The molecule has 0 saturated carbocycles. The molecule has 0 amide bonds. The molecule has 0 spiro atoms. The summed E-state index contributed by atoms with van der Waals surface area (Å²) in [6.45, 7) is 4.05. The van der Waals surface area contributed by atoms with E-state index in [2.05, 4.69) is 36.0 Å². The molecule has 1 aromatic rings. The van der Waals surface area contributed by atoms with E-state index >= 15 is 0 Å². The third-order valence-corrected chi connectivity index (χ3v) is 3.94. The van der Waals surface area contributed by atoms with Crippen molar-refractivity contribution in [2.45, 2.75) is 31.9 Å². The Morgan fingerprint density at radius 3 is 2.17 bits per heavy atom. The number of aliphatic hydroxyl groups is 1. The Balaban J connectivity index is 1.97. The molecule has 1 fully saturated rings. The Bertz CT molecular complexity index is 365. The van der Waals surface area contributed by atoms with Gasteiger partial charge in [-0.05, 0) is 51.6 Å². The van der Waals surface area contributed by atoms with Gasteiger partial charge in [0.1, 0.15) is 0 Å². The number of hydrogen-bond acceptors (Lipinski definition) is 3. The van der Waals surface area contributed by atoms with Crippen molar-refractivity contribution in [1.82, 2.24) is 4.90 Å². The van der Waals surface area contributed by atoms with E-state index in [0.717, 1.165) is 24.7 Å². The van der Waals surface area contributed by atoms with Gasteiger partial charge >= 0.3 is 0 Å². The van der Waals surface area contributed by atoms with Gasteiger partial charge in [0, 0.05) is 24.8 Å². The van der Waals surface area contributed by atoms with Crippen molar-refractivity contribution in [1.29, 1.82) is 0 Å². The minimum Gasteiger partial charge on any atom is -0.389 e. The summed E-state index contributed by atoms with van der Waals surface area (Å²) in [6, 6.07) is 9.02. The molecule has 0 aromatic heterocycles. The average molecular weight is 248 g/mol. The molecule has 1 heterocycles. The van der Waals surface area contributed by atoms with Gasteiger partial charge in [0.2, 0.25) is 0 Å². The molecular weight excluding hydrogens is 224 g/mol. The lowest BCUT2D eigenvalue weighted by Gasteiger charge is -2.36. The van der Waals surface area contributed by atoms with Gasteiger partial charge in [-0.3, -0.25) is 0 Å². The van der Waals surface area contributed by atoms with Crippen LogP contribution in [0.1, 0.15) is 31.4 Å². The zero-order chi connectivity index (χ0) is 13.1. The maximum atomic E-state index is 9.50. The molecular formula is C15H24N2O. The minimum absolute atomic E-state index is 0.376. The lowest BCUT2D eigenvalue weighted by atomic mass is 10.0. The third-order valence-electron chi connectivity index (χ3n) is 3.94. The maximum absolute atomic E-state index is 9.50. The Hall–Kier alpha value is -1.06. The molecule has 0 aliphatic carbocycles. The van der Waals surface area contributed by atoms with Crippen molar-refractivity contribution in [3.8, 4) is 0 Å². The SMILES string of the molecule is C[C@@H](O)c1ccc(N2CCC(N(C)C)CC2)cc1. The van der Waals surface area contributed by atoms with Crippen LogP contribution in [0, 0.1) is 0 Å². The fraction of sp³-hybridized carbons (Fsp3) is 0.600. The van der Waals surface area contributed by atoms with E-state index in [4.69, 9.17) is 0 Å². The van der Waals surface area contributed by atoms with E-state index < -0.39 is 0 Å². The molecule has 2 rings (SSSR count). The number of piperidine rings is 1. The first-order chi connectivity index (χ1) is 8.58. The smallest absolute Gasteiger partial charge is 0.0761 e. The van der Waals surface area contributed by atoms with Crippen LogP contribution in [0.5, 0.6) is 0 Å². The van der Waals surface area contributed by atoms with E-state index in [1.165, 1.54) is 18.5 Å². The van der Waals surface area contributed by atoms with Gasteiger partial charge in [0.05, 0.1) is 6.10 Å². The summed E-state index contributed by atoms with van der Waals surface area (Å²) < 4.78 is 0. The molecule has 1 saturated heterocycles. The zero-order valence-corrected chi connectivity index (χ0v) is 11.6. The zero-order valence-electron chi connectivity index (χ0n) is 11.6. The predicted molar refractivity (Wildman–Crippen MR) is 76.0 cm³/mol. The summed E-state index contributed by atoms with van der Waals surface area (Å²) in [5.74, 6) is 0. The Labute approximate surface area is 110 Å². The lowest BCUT2D eigenvalue weighted by molar-refractivity contribution is 0.199. The van der Waals surface area contributed by atoms with Gasteiger partial charge in [0.15, 0.2) is 0 Å². The number of rotatable bonds is 3. The average Bonchev–Trinajstić information content (AvgIpc) is 2.39. The maximum Gasteiger partial charge on any atom is 0.0761 e. The fourth-order valence-electron chi connectivity index (χ4n) is 2.60. The highest BCUT2D eigenvalue weighted by Gasteiger charge is 2.20. The van der Waals surface area contributed by atoms with Crippen LogP contribution < -0.4 is 4.90 Å². The summed E-state index contributed by atoms with van der Waals surface area (Å²) in [4.78, 5) is 4.76. The van der Waals surface area contributed by atoms with Crippen molar-refractivity contribution >= 4 is 5.69 Å². The summed E-state index contributed by atoms with van der Waals surface area (Å²) in [5, 5.41) is 9.50. The molecule has 0 unspecified atom stereocenters. The van der Waals surface area contributed by atoms with Gasteiger partial charge in [-0.15, -0.1) is 0 Å². The predicted octanol–water partition coefficient (Wildman–Crippen LogP) is 2.27. The summed E-state index contributed by atoms with van der Waals surface area (Å²) in [5.41, 5.74) is 2.26. The minimum atomic E-state index is -0.376. The number of aliphatic hydroxyl groups excluding tert-OH is 1. The largest absolute Gasteiger partial charge is 0.389 e. The number of anilines is 1. The Morgan fingerprint density at radius 2 is 1.72 bits per heavy atom. The molecule has 18 heavy (non-hydrogen) atoms. The molecule has 1 aromatic carbocycles. The number of hydrogen-bond donors (Lipinski definition) is 1. The molecule has 1 atom stereocenters. The summed E-state index contributed by atoms with van der Waals surface area (Å²) in [6.07, 6.45) is 2.08. The van der Waals surface area contributed by atoms with Gasteiger partial charge in [-0.2, -0.15) is 0 Å². The lowest BCUT2D eigenvalue weighted by Crippen LogP contribution is -2.41. The van der Waals surface area contributed by atoms with Crippen molar-refractivity contribution in [3.63, 3.8) is 0 Å². The van der Waals surface area contributed by atoms with Gasteiger partial charge in [0.25, 0.3) is 0 Å². The highest BCUT2D eigenvalue weighted by molar-refractivity contribution is 5.48. The third kappa shape index (κ3) is 3.03. The second-order valence-electron chi connectivity index (χ2n) is 5.45. The van der Waals surface area contributed by atoms with Gasteiger partial charge in [-0.1, -0.05) is 12.1 Å². The second-order valence-corrected chi connectivity index (χ2v) is 5.45. The highest BCUT2D eigenvalue weighted by atomic mass is 16.3. The van der Waals surface area contributed by atoms with Gasteiger partial charge in [-0.25, -0.2) is 0 Å². The number of nitrogens with zero attached hydrogens (tertiary/aromatic N) is 2. The first-order valence-corrected chi connectivity index (χ1v) is 6.77. The standard InChI is InChI=1S/C15H24N2O/c1-12(18)13-4-6-15(7-5-13)17-10-8-14(9-11-17)16(2)3/h4-7,12,14,18H,8-11H2,1-3H3/t12-/m1/s1.